The van der Waals surface area contributed by atoms with E-state index in [-0.39, 0.29) is 5.78 Å². The van der Waals surface area contributed by atoms with E-state index in [1.54, 1.807) is 18.2 Å². The normalized spacial score (nSPS) is 12.1. The van der Waals surface area contributed by atoms with Gasteiger partial charge in [0.05, 0.1) is 27.5 Å². The van der Waals surface area contributed by atoms with Gasteiger partial charge in [0.1, 0.15) is 11.5 Å². The summed E-state index contributed by atoms with van der Waals surface area (Å²) in [6.45, 7) is 5.67. The molecule has 29 heavy (non-hydrogen) atoms. The Labute approximate surface area is 168 Å². The van der Waals surface area contributed by atoms with E-state index in [9.17, 15) is 4.79 Å². The van der Waals surface area contributed by atoms with Gasteiger partial charge in [0.25, 0.3) is 0 Å². The fourth-order valence-corrected chi connectivity index (χ4v) is 3.15. The minimum Gasteiger partial charge on any atom is -0.493 e. The van der Waals surface area contributed by atoms with Crippen molar-refractivity contribution in [2.75, 3.05) is 21.3 Å². The number of rotatable bonds is 7. The lowest BCUT2D eigenvalue weighted by molar-refractivity contribution is 0.103. The van der Waals surface area contributed by atoms with Crippen LogP contribution in [0.2, 0.25) is 0 Å². The van der Waals surface area contributed by atoms with Gasteiger partial charge in [0, 0.05) is 27.9 Å². The van der Waals surface area contributed by atoms with Crippen molar-refractivity contribution in [3.05, 3.63) is 59.0 Å². The highest BCUT2D eigenvalue weighted by molar-refractivity contribution is 6.08. The number of aromatic amines is 2. The van der Waals surface area contributed by atoms with E-state index in [0.717, 1.165) is 16.1 Å². The zero-order valence-electron chi connectivity index (χ0n) is 16.8. The minimum absolute atomic E-state index is 0.238. The molecule has 0 saturated carbocycles. The van der Waals surface area contributed by atoms with E-state index in [1.165, 1.54) is 27.5 Å². The molecular formula is C22H23N3O4. The third kappa shape index (κ3) is 3.67. The number of nitrogens with zero attached hydrogens (tertiary/aromatic N) is 1. The van der Waals surface area contributed by atoms with Crippen LogP contribution in [0, 0.1) is 0 Å². The highest BCUT2D eigenvalue weighted by Crippen LogP contribution is 2.38. The van der Waals surface area contributed by atoms with Crippen LogP contribution >= 0.6 is 0 Å². The summed E-state index contributed by atoms with van der Waals surface area (Å²) < 4.78 is 16.0. The summed E-state index contributed by atoms with van der Waals surface area (Å²) in [5, 5.41) is 1.90. The van der Waals surface area contributed by atoms with Gasteiger partial charge in [-0.15, -0.1) is 0 Å². The standard InChI is InChI=1S/C22H23N3O4/c1-6-8-16-14(7-2)15(11-23-16)22-24-12-17(25-22)20(26)13-9-18(27-3)21(29-5)19(10-13)28-4/h6-12,23H,1H2,2-5H3,(H,24,25)/b14-7-,16-8+. The maximum atomic E-state index is 13.0. The predicted molar refractivity (Wildman–Crippen MR) is 112 cm³/mol. The predicted octanol–water partition coefficient (Wildman–Crippen LogP) is 2.43. The Kier molecular flexibility index (Phi) is 5.87. The third-order valence-corrected chi connectivity index (χ3v) is 4.53. The third-order valence-electron chi connectivity index (χ3n) is 4.53. The van der Waals surface area contributed by atoms with Crippen molar-refractivity contribution in [2.24, 2.45) is 0 Å². The molecule has 1 aromatic carbocycles. The molecule has 0 spiro atoms. The average Bonchev–Trinajstić information content (AvgIpc) is 3.39. The quantitative estimate of drug-likeness (QED) is 0.602. The van der Waals surface area contributed by atoms with Crippen LogP contribution in [0.5, 0.6) is 17.2 Å². The molecular weight excluding hydrogens is 370 g/mol. The molecule has 7 nitrogen and oxygen atoms in total. The molecule has 2 heterocycles. The topological polar surface area (TPSA) is 89.2 Å². The van der Waals surface area contributed by atoms with Crippen molar-refractivity contribution in [1.82, 2.24) is 15.0 Å². The number of aromatic nitrogens is 3. The van der Waals surface area contributed by atoms with Crippen molar-refractivity contribution in [3.8, 4) is 28.6 Å². The smallest absolute Gasteiger partial charge is 0.211 e. The molecule has 7 heteroatoms. The van der Waals surface area contributed by atoms with Gasteiger partial charge >= 0.3 is 0 Å². The number of imidazole rings is 1. The number of hydrogen-bond acceptors (Lipinski definition) is 5. The molecule has 0 fully saturated rings. The second-order valence-corrected chi connectivity index (χ2v) is 6.11. The molecule has 3 rings (SSSR count). The summed E-state index contributed by atoms with van der Waals surface area (Å²) >= 11 is 0. The van der Waals surface area contributed by atoms with Gasteiger partial charge in [-0.1, -0.05) is 18.7 Å². The lowest BCUT2D eigenvalue weighted by Crippen LogP contribution is -2.23. The van der Waals surface area contributed by atoms with Crippen molar-refractivity contribution in [2.45, 2.75) is 6.92 Å². The van der Waals surface area contributed by atoms with Crippen LogP contribution in [0.3, 0.4) is 0 Å². The van der Waals surface area contributed by atoms with Crippen molar-refractivity contribution >= 4 is 17.9 Å². The number of ketones is 1. The molecule has 0 atom stereocenters. The van der Waals surface area contributed by atoms with E-state index in [1.807, 2.05) is 25.3 Å². The maximum absolute atomic E-state index is 13.0. The van der Waals surface area contributed by atoms with Gasteiger partial charge in [0.15, 0.2) is 11.5 Å². The number of nitrogens with one attached hydrogen (secondary N) is 2. The molecule has 0 aliphatic rings. The maximum Gasteiger partial charge on any atom is 0.211 e. The first-order chi connectivity index (χ1) is 14.1. The van der Waals surface area contributed by atoms with Crippen molar-refractivity contribution in [3.63, 3.8) is 0 Å². The Morgan fingerprint density at radius 3 is 2.38 bits per heavy atom. The van der Waals surface area contributed by atoms with E-state index >= 15 is 0 Å². The van der Waals surface area contributed by atoms with Crippen LogP contribution in [0.25, 0.3) is 23.5 Å². The highest BCUT2D eigenvalue weighted by atomic mass is 16.5. The van der Waals surface area contributed by atoms with Gasteiger partial charge < -0.3 is 24.2 Å². The van der Waals surface area contributed by atoms with Gasteiger partial charge in [0.2, 0.25) is 11.5 Å². The summed E-state index contributed by atoms with van der Waals surface area (Å²) in [6.07, 6.45) is 8.93. The number of benzene rings is 1. The van der Waals surface area contributed by atoms with Gasteiger partial charge in [-0.05, 0) is 25.1 Å². The molecule has 0 radical (unpaired) electrons. The van der Waals surface area contributed by atoms with E-state index < -0.39 is 0 Å². The second kappa shape index (κ2) is 8.52. The van der Waals surface area contributed by atoms with E-state index in [2.05, 4.69) is 21.5 Å². The van der Waals surface area contributed by atoms with E-state index in [4.69, 9.17) is 14.2 Å². The Morgan fingerprint density at radius 1 is 1.14 bits per heavy atom. The first-order valence-electron chi connectivity index (χ1n) is 8.94. The van der Waals surface area contributed by atoms with Crippen LogP contribution in [-0.4, -0.2) is 42.1 Å². The molecule has 0 amide bonds. The molecule has 0 bridgehead atoms. The monoisotopic (exact) mass is 393 g/mol. The van der Waals surface area contributed by atoms with Crippen molar-refractivity contribution in [1.29, 1.82) is 0 Å². The molecule has 2 N–H and O–H groups in total. The molecule has 0 saturated heterocycles. The summed E-state index contributed by atoms with van der Waals surface area (Å²) in [5.74, 6) is 1.60. The number of H-pyrrole nitrogens is 2. The molecule has 150 valence electrons. The number of hydrogen-bond donors (Lipinski definition) is 2. The van der Waals surface area contributed by atoms with Crippen LogP contribution in [0.15, 0.2) is 37.2 Å². The zero-order chi connectivity index (χ0) is 21.0. The molecule has 3 aromatic rings. The summed E-state index contributed by atoms with van der Waals surface area (Å²) in [6, 6.07) is 3.23. The molecule has 2 aromatic heterocycles. The first kappa shape index (κ1) is 20.0. The summed E-state index contributed by atoms with van der Waals surface area (Å²) in [4.78, 5) is 23.7. The van der Waals surface area contributed by atoms with Crippen LogP contribution in [0.1, 0.15) is 23.0 Å². The lowest BCUT2D eigenvalue weighted by atomic mass is 10.1. The zero-order valence-corrected chi connectivity index (χ0v) is 16.8. The molecule has 0 aliphatic heterocycles. The summed E-state index contributed by atoms with van der Waals surface area (Å²) in [5.41, 5.74) is 1.61. The number of allylic oxidation sites excluding steroid dienone is 1. The number of methoxy groups -OCH3 is 3. The highest BCUT2D eigenvalue weighted by Gasteiger charge is 2.20. The van der Waals surface area contributed by atoms with Crippen LogP contribution in [0.4, 0.5) is 0 Å². The Hall–Kier alpha value is -3.74. The SMILES string of the molecule is C=C/C=c1/[nH]cc(-c2ncc(C(=O)c3cc(OC)c(OC)c(OC)c3)[nH]2)/c1=C/C. The number of carbonyl (C=O) groups excluding carboxylic acids is 1. The van der Waals surface area contributed by atoms with Crippen LogP contribution in [-0.2, 0) is 0 Å². The van der Waals surface area contributed by atoms with Gasteiger partial charge in [-0.25, -0.2) is 4.98 Å². The largest absolute Gasteiger partial charge is 0.493 e. The fraction of sp³-hybridized carbons (Fsp3) is 0.182. The van der Waals surface area contributed by atoms with E-state index in [0.29, 0.717) is 34.3 Å². The molecule has 0 aliphatic carbocycles. The minimum atomic E-state index is -0.238. The Morgan fingerprint density at radius 2 is 1.83 bits per heavy atom. The first-order valence-corrected chi connectivity index (χ1v) is 8.94. The average molecular weight is 393 g/mol. The number of ether oxygens (including phenoxy) is 3. The molecule has 0 unspecified atom stereocenters. The number of carbonyl (C=O) groups is 1. The van der Waals surface area contributed by atoms with Crippen LogP contribution < -0.4 is 24.8 Å². The van der Waals surface area contributed by atoms with Crippen molar-refractivity contribution < 1.29 is 19.0 Å². The summed E-state index contributed by atoms with van der Waals surface area (Å²) in [7, 11) is 4.53. The Bertz CT molecular complexity index is 1150. The Balaban J connectivity index is 2.03. The second-order valence-electron chi connectivity index (χ2n) is 6.11. The fourth-order valence-electron chi connectivity index (χ4n) is 3.15. The van der Waals surface area contributed by atoms with Gasteiger partial charge in [-0.2, -0.15) is 0 Å². The van der Waals surface area contributed by atoms with Gasteiger partial charge in [-0.3, -0.25) is 4.79 Å². The lowest BCUT2D eigenvalue weighted by Gasteiger charge is -2.13.